The molecule has 0 amide bonds. The van der Waals surface area contributed by atoms with Crippen LogP contribution in [0.25, 0.3) is 11.3 Å². The third-order valence-electron chi connectivity index (χ3n) is 2.29. The van der Waals surface area contributed by atoms with E-state index in [1.54, 1.807) is 6.20 Å². The monoisotopic (exact) mass is 281 g/mol. The van der Waals surface area contributed by atoms with E-state index < -0.39 is 0 Å². The Kier molecular flexibility index (Phi) is 3.71. The van der Waals surface area contributed by atoms with E-state index in [0.717, 1.165) is 11.3 Å². The van der Waals surface area contributed by atoms with Crippen molar-refractivity contribution >= 4 is 33.8 Å². The van der Waals surface area contributed by atoms with Crippen LogP contribution in [0.1, 0.15) is 0 Å². The summed E-state index contributed by atoms with van der Waals surface area (Å²) in [5, 5.41) is 1.87. The Balaban J connectivity index is 2.30. The topological polar surface area (TPSA) is 94.2 Å². The molecule has 0 fully saturated rings. The van der Waals surface area contributed by atoms with Crippen LogP contribution < -0.4 is 22.3 Å². The average molecular weight is 282 g/mol. The standard InChI is InChI=1S/C11H12ClN5S/c12-10-9(16-11(14)18-10)7-1-3-8(4-2-7)17(15)6-5-13/h1-6H,13,15H2,(H2,14,16)/b6-5-. The molecule has 0 aliphatic rings. The number of thiazole rings is 1. The summed E-state index contributed by atoms with van der Waals surface area (Å²) < 4.78 is 0.576. The minimum absolute atomic E-state index is 0.450. The lowest BCUT2D eigenvalue weighted by Crippen LogP contribution is -2.24. The lowest BCUT2D eigenvalue weighted by molar-refractivity contribution is 1.07. The van der Waals surface area contributed by atoms with Crippen LogP contribution in [0.2, 0.25) is 4.34 Å². The van der Waals surface area contributed by atoms with Crippen LogP contribution in [0.4, 0.5) is 10.8 Å². The van der Waals surface area contributed by atoms with Gasteiger partial charge in [-0.3, -0.25) is 5.01 Å². The Morgan fingerprint density at radius 2 is 1.94 bits per heavy atom. The average Bonchev–Trinajstić information content (AvgIpc) is 2.69. The number of nitrogen functional groups attached to an aromatic ring is 1. The van der Waals surface area contributed by atoms with Gasteiger partial charge in [-0.2, -0.15) is 0 Å². The first-order valence-corrected chi connectivity index (χ1v) is 6.26. The zero-order valence-electron chi connectivity index (χ0n) is 9.38. The van der Waals surface area contributed by atoms with Crippen molar-refractivity contribution in [2.24, 2.45) is 11.6 Å². The highest BCUT2D eigenvalue weighted by atomic mass is 35.5. The molecule has 6 N–H and O–H groups in total. The Labute approximate surface area is 113 Å². The molecule has 0 radical (unpaired) electrons. The Hall–Kier alpha value is -1.76. The molecule has 0 saturated heterocycles. The fourth-order valence-corrected chi connectivity index (χ4v) is 2.43. The fourth-order valence-electron chi connectivity index (χ4n) is 1.47. The van der Waals surface area contributed by atoms with Gasteiger partial charge in [0.05, 0.1) is 5.69 Å². The van der Waals surface area contributed by atoms with Gasteiger partial charge in [-0.1, -0.05) is 35.1 Å². The maximum atomic E-state index is 6.04. The van der Waals surface area contributed by atoms with Gasteiger partial charge in [0, 0.05) is 18.0 Å². The van der Waals surface area contributed by atoms with E-state index in [1.807, 2.05) is 24.3 Å². The summed E-state index contributed by atoms with van der Waals surface area (Å²) in [4.78, 5) is 4.18. The van der Waals surface area contributed by atoms with Crippen molar-refractivity contribution in [3.05, 3.63) is 41.0 Å². The van der Waals surface area contributed by atoms with Crippen molar-refractivity contribution < 1.29 is 0 Å². The number of hydrogen-bond donors (Lipinski definition) is 3. The van der Waals surface area contributed by atoms with Crippen LogP contribution in [0.5, 0.6) is 0 Å². The Morgan fingerprint density at radius 1 is 1.28 bits per heavy atom. The second-order valence-corrected chi connectivity index (χ2v) is 5.10. The van der Waals surface area contributed by atoms with E-state index in [-0.39, 0.29) is 0 Å². The summed E-state index contributed by atoms with van der Waals surface area (Å²) in [6, 6.07) is 7.45. The van der Waals surface area contributed by atoms with E-state index in [2.05, 4.69) is 4.98 Å². The highest BCUT2D eigenvalue weighted by molar-refractivity contribution is 7.19. The normalized spacial score (nSPS) is 11.0. The Morgan fingerprint density at radius 3 is 2.44 bits per heavy atom. The minimum atomic E-state index is 0.450. The van der Waals surface area contributed by atoms with Gasteiger partial charge in [0.2, 0.25) is 0 Å². The molecule has 0 atom stereocenters. The molecule has 2 aromatic rings. The van der Waals surface area contributed by atoms with Gasteiger partial charge in [0.25, 0.3) is 0 Å². The first-order chi connectivity index (χ1) is 8.61. The predicted octanol–water partition coefficient (Wildman–Crippen LogP) is 2.16. The van der Waals surface area contributed by atoms with Crippen molar-refractivity contribution in [1.82, 2.24) is 4.98 Å². The van der Waals surface area contributed by atoms with Crippen LogP contribution in [-0.4, -0.2) is 4.98 Å². The molecule has 0 spiro atoms. The second-order valence-electron chi connectivity index (χ2n) is 3.47. The van der Waals surface area contributed by atoms with Gasteiger partial charge >= 0.3 is 0 Å². The predicted molar refractivity (Wildman–Crippen MR) is 77.0 cm³/mol. The molecule has 2 rings (SSSR count). The van der Waals surface area contributed by atoms with Crippen molar-refractivity contribution in [3.8, 4) is 11.3 Å². The van der Waals surface area contributed by atoms with Gasteiger partial charge in [-0.05, 0) is 12.1 Å². The van der Waals surface area contributed by atoms with Crippen LogP contribution in [0, 0.1) is 0 Å². The maximum absolute atomic E-state index is 6.04. The van der Waals surface area contributed by atoms with E-state index in [9.17, 15) is 0 Å². The van der Waals surface area contributed by atoms with Crippen LogP contribution in [0.15, 0.2) is 36.7 Å². The van der Waals surface area contributed by atoms with Gasteiger partial charge in [0.15, 0.2) is 5.13 Å². The number of hydrogen-bond acceptors (Lipinski definition) is 6. The van der Waals surface area contributed by atoms with Crippen molar-refractivity contribution in [1.29, 1.82) is 0 Å². The first-order valence-electron chi connectivity index (χ1n) is 5.06. The zero-order chi connectivity index (χ0) is 13.1. The largest absolute Gasteiger partial charge is 0.403 e. The molecule has 1 aromatic carbocycles. The maximum Gasteiger partial charge on any atom is 0.182 e. The van der Waals surface area contributed by atoms with Gasteiger partial charge in [-0.15, -0.1) is 0 Å². The molecule has 18 heavy (non-hydrogen) atoms. The summed E-state index contributed by atoms with van der Waals surface area (Å²) in [5.74, 6) is 5.74. The van der Waals surface area contributed by atoms with Crippen molar-refractivity contribution in [3.63, 3.8) is 0 Å². The molecule has 0 unspecified atom stereocenters. The number of hydrazine groups is 1. The number of rotatable bonds is 3. The van der Waals surface area contributed by atoms with Crippen LogP contribution in [0.3, 0.4) is 0 Å². The van der Waals surface area contributed by atoms with Gasteiger partial charge in [0.1, 0.15) is 10.0 Å². The molecular weight excluding hydrogens is 270 g/mol. The molecule has 7 heteroatoms. The molecular formula is C11H12ClN5S. The molecule has 0 aliphatic heterocycles. The number of halogens is 1. The summed E-state index contributed by atoms with van der Waals surface area (Å²) in [5.41, 5.74) is 13.3. The first kappa shape index (κ1) is 12.7. The SMILES string of the molecule is N/C=C\N(N)c1ccc(-c2nc(N)sc2Cl)cc1. The van der Waals surface area contributed by atoms with Gasteiger partial charge < -0.3 is 11.5 Å². The highest BCUT2D eigenvalue weighted by Crippen LogP contribution is 2.34. The van der Waals surface area contributed by atoms with E-state index in [1.165, 1.54) is 22.5 Å². The molecule has 1 heterocycles. The zero-order valence-corrected chi connectivity index (χ0v) is 10.9. The third kappa shape index (κ3) is 2.56. The molecule has 0 saturated carbocycles. The molecule has 5 nitrogen and oxygen atoms in total. The van der Waals surface area contributed by atoms with Gasteiger partial charge in [-0.25, -0.2) is 10.8 Å². The molecule has 0 aliphatic carbocycles. The summed E-state index contributed by atoms with van der Waals surface area (Å²) >= 11 is 7.30. The summed E-state index contributed by atoms with van der Waals surface area (Å²) in [6.07, 6.45) is 2.93. The minimum Gasteiger partial charge on any atom is -0.403 e. The fraction of sp³-hybridized carbons (Fsp3) is 0. The van der Waals surface area contributed by atoms with E-state index in [4.69, 9.17) is 28.9 Å². The van der Waals surface area contributed by atoms with Crippen molar-refractivity contribution in [2.75, 3.05) is 10.7 Å². The molecule has 1 aromatic heterocycles. The Bertz CT molecular complexity index is 563. The second kappa shape index (κ2) is 5.26. The number of benzene rings is 1. The number of anilines is 2. The number of nitrogens with two attached hydrogens (primary N) is 3. The van der Waals surface area contributed by atoms with E-state index in [0.29, 0.717) is 15.2 Å². The summed E-state index contributed by atoms with van der Waals surface area (Å²) in [7, 11) is 0. The van der Waals surface area contributed by atoms with Crippen LogP contribution in [-0.2, 0) is 0 Å². The highest BCUT2D eigenvalue weighted by Gasteiger charge is 2.09. The smallest absolute Gasteiger partial charge is 0.182 e. The van der Waals surface area contributed by atoms with Crippen molar-refractivity contribution in [2.45, 2.75) is 0 Å². The quantitative estimate of drug-likeness (QED) is 0.592. The lowest BCUT2D eigenvalue weighted by Gasteiger charge is -2.13. The van der Waals surface area contributed by atoms with E-state index >= 15 is 0 Å². The molecule has 94 valence electrons. The summed E-state index contributed by atoms with van der Waals surface area (Å²) in [6.45, 7) is 0. The number of nitrogens with zero attached hydrogens (tertiary/aromatic N) is 2. The van der Waals surface area contributed by atoms with Crippen LogP contribution >= 0.6 is 22.9 Å². The third-order valence-corrected chi connectivity index (χ3v) is 3.37. The lowest BCUT2D eigenvalue weighted by atomic mass is 10.1. The number of aromatic nitrogens is 1. The molecule has 0 bridgehead atoms.